The molecule has 1 unspecified atom stereocenters. The molecule has 3 heteroatoms. The molecule has 9 heavy (non-hydrogen) atoms. The molecule has 54 valence electrons. The van der Waals surface area contributed by atoms with Gasteiger partial charge in [0.1, 0.15) is 0 Å². The Labute approximate surface area is 59.0 Å². The van der Waals surface area contributed by atoms with Gasteiger partial charge in [0.2, 0.25) is 0 Å². The van der Waals surface area contributed by atoms with Gasteiger partial charge < -0.3 is 10.6 Å². The third-order valence-electron chi connectivity index (χ3n) is 1.92. The summed E-state index contributed by atoms with van der Waals surface area (Å²) in [5, 5.41) is 0.0342. The van der Waals surface area contributed by atoms with Crippen LogP contribution in [-0.2, 0) is 0 Å². The average molecular weight is 146 g/mol. The van der Waals surface area contributed by atoms with Gasteiger partial charge in [-0.3, -0.25) is 0 Å². The van der Waals surface area contributed by atoms with E-state index >= 15 is 0 Å². The Bertz CT molecular complexity index is 93.2. The number of nitrogens with zero attached hydrogens (tertiary/aromatic N) is 1. The van der Waals surface area contributed by atoms with Crippen LogP contribution in [0.3, 0.4) is 0 Å². The van der Waals surface area contributed by atoms with E-state index in [4.69, 9.17) is 5.73 Å². The van der Waals surface area contributed by atoms with Crippen LogP contribution in [0.5, 0.6) is 0 Å². The van der Waals surface area contributed by atoms with Crippen LogP contribution < -0.4 is 5.73 Å². The molecule has 0 bridgehead atoms. The summed E-state index contributed by atoms with van der Waals surface area (Å²) in [6.45, 7) is 2.28. The van der Waals surface area contributed by atoms with E-state index in [1.807, 2.05) is 0 Å². The number of hydrogen-bond donors (Lipinski definition) is 1. The average Bonchev–Trinajstić information content (AvgIpc) is 1.78. The van der Waals surface area contributed by atoms with E-state index in [-0.39, 0.29) is 5.28 Å². The zero-order valence-electron chi connectivity index (χ0n) is 5.93. The largest absolute Gasteiger partial charge is 0.322 e. The van der Waals surface area contributed by atoms with Gasteiger partial charge in [0.05, 0.1) is 0 Å². The lowest BCUT2D eigenvalue weighted by Gasteiger charge is -2.34. The summed E-state index contributed by atoms with van der Waals surface area (Å²) in [6, 6.07) is 0. The summed E-state index contributed by atoms with van der Waals surface area (Å²) in [6.07, 6.45) is 2.21. The van der Waals surface area contributed by atoms with Gasteiger partial charge in [-0.2, -0.15) is 0 Å². The fourth-order valence-electron chi connectivity index (χ4n) is 1.03. The second-order valence-electron chi connectivity index (χ2n) is 3.04. The van der Waals surface area contributed by atoms with Crippen LogP contribution in [0.2, 0.25) is 0 Å². The minimum Gasteiger partial charge on any atom is -0.322 e. The first-order chi connectivity index (χ1) is 4.10. The Morgan fingerprint density at radius 1 is 1.44 bits per heavy atom. The number of rotatable bonds is 0. The molecule has 1 saturated heterocycles. The van der Waals surface area contributed by atoms with Crippen molar-refractivity contribution in [2.24, 2.45) is 5.73 Å². The van der Waals surface area contributed by atoms with Crippen molar-refractivity contribution in [1.82, 2.24) is 4.90 Å². The molecule has 0 amide bonds. The van der Waals surface area contributed by atoms with E-state index in [0.29, 0.717) is 0 Å². The first kappa shape index (κ1) is 7.46. The molecule has 0 aromatic rings. The zero-order valence-corrected chi connectivity index (χ0v) is 7.09. The third-order valence-corrected chi connectivity index (χ3v) is 2.50. The summed E-state index contributed by atoms with van der Waals surface area (Å²) < 4.78 is 0. The van der Waals surface area contributed by atoms with Gasteiger partial charge in [-0.05, 0) is 33.0 Å². The Hall–Kier alpha value is 0.350. The van der Waals surface area contributed by atoms with Crippen LogP contribution >= 0.6 is 9.24 Å². The molecule has 1 aliphatic heterocycles. The minimum atomic E-state index is 0.0342. The lowest BCUT2D eigenvalue weighted by atomic mass is 10.1. The number of nitrogens with two attached hydrogens (primary N) is 1. The molecule has 1 fully saturated rings. The van der Waals surface area contributed by atoms with E-state index in [2.05, 4.69) is 21.2 Å². The molecular weight excluding hydrogens is 131 g/mol. The van der Waals surface area contributed by atoms with Crippen LogP contribution in [0, 0.1) is 0 Å². The quantitative estimate of drug-likeness (QED) is 0.496. The molecule has 1 aliphatic rings. The molecule has 0 aromatic heterocycles. The highest BCUT2D eigenvalue weighted by molar-refractivity contribution is 7.18. The van der Waals surface area contributed by atoms with Gasteiger partial charge >= 0.3 is 0 Å². The molecule has 0 spiro atoms. The Morgan fingerprint density at radius 3 is 2.22 bits per heavy atom. The first-order valence-electron chi connectivity index (χ1n) is 3.36. The summed E-state index contributed by atoms with van der Waals surface area (Å²) in [5.74, 6) is 0. The van der Waals surface area contributed by atoms with Gasteiger partial charge in [-0.25, -0.2) is 0 Å². The molecule has 0 aliphatic carbocycles. The molecule has 1 heterocycles. The van der Waals surface area contributed by atoms with Gasteiger partial charge in [0.15, 0.2) is 0 Å². The predicted octanol–water partition coefficient (Wildman–Crippen LogP) is 0.242. The highest BCUT2D eigenvalue weighted by Gasteiger charge is 2.23. The third kappa shape index (κ3) is 2.21. The summed E-state index contributed by atoms with van der Waals surface area (Å²) in [7, 11) is 4.87. The normalized spacial score (nSPS) is 28.3. The highest BCUT2D eigenvalue weighted by Crippen LogP contribution is 2.24. The van der Waals surface area contributed by atoms with Gasteiger partial charge in [-0.1, -0.05) is 0 Å². The Kier molecular flexibility index (Phi) is 2.10. The number of likely N-dealkylation sites (tertiary alicyclic amines) is 1. The second kappa shape index (κ2) is 2.53. The van der Waals surface area contributed by atoms with Crippen LogP contribution in [0.15, 0.2) is 0 Å². The number of hydrogen-bond acceptors (Lipinski definition) is 2. The van der Waals surface area contributed by atoms with E-state index in [1.165, 1.54) is 0 Å². The highest BCUT2D eigenvalue weighted by atomic mass is 31.0. The van der Waals surface area contributed by atoms with E-state index in [0.717, 1.165) is 25.9 Å². The Morgan fingerprint density at radius 2 is 1.89 bits per heavy atom. The molecular formula is C6H15N2P. The van der Waals surface area contributed by atoms with Crippen molar-refractivity contribution in [2.75, 3.05) is 20.1 Å². The monoisotopic (exact) mass is 146 g/mol. The van der Waals surface area contributed by atoms with Crippen molar-refractivity contribution in [3.63, 3.8) is 0 Å². The molecule has 0 radical (unpaired) electrons. The van der Waals surface area contributed by atoms with Crippen LogP contribution in [0.25, 0.3) is 0 Å². The maximum absolute atomic E-state index is 5.88. The van der Waals surface area contributed by atoms with Gasteiger partial charge in [-0.15, -0.1) is 9.24 Å². The zero-order chi connectivity index (χ0) is 6.91. The van der Waals surface area contributed by atoms with Crippen molar-refractivity contribution < 1.29 is 0 Å². The van der Waals surface area contributed by atoms with Crippen LogP contribution in [0.4, 0.5) is 0 Å². The molecule has 1 rings (SSSR count). The molecule has 2 nitrogen and oxygen atoms in total. The van der Waals surface area contributed by atoms with E-state index in [1.54, 1.807) is 0 Å². The molecule has 1 atom stereocenters. The minimum absolute atomic E-state index is 0.0342. The second-order valence-corrected chi connectivity index (χ2v) is 4.19. The fraction of sp³-hybridized carbons (Fsp3) is 1.00. The summed E-state index contributed by atoms with van der Waals surface area (Å²) in [4.78, 5) is 2.31. The lowest BCUT2D eigenvalue weighted by Crippen LogP contribution is -2.44. The number of piperidine rings is 1. The Balaban J connectivity index is 2.35. The van der Waals surface area contributed by atoms with Crippen molar-refractivity contribution in [2.45, 2.75) is 18.1 Å². The van der Waals surface area contributed by atoms with Crippen molar-refractivity contribution >= 4 is 9.24 Å². The lowest BCUT2D eigenvalue weighted by molar-refractivity contribution is 0.241. The summed E-state index contributed by atoms with van der Waals surface area (Å²) >= 11 is 0. The SMILES string of the molecule is CN1CCC(N)(P)CC1. The standard InChI is InChI=1S/C6H15N2P/c1-8-4-2-6(7,9)3-5-8/h2-5,7,9H2,1H3. The maximum Gasteiger partial charge on any atom is 0.0322 e. The van der Waals surface area contributed by atoms with Crippen molar-refractivity contribution in [1.29, 1.82) is 0 Å². The van der Waals surface area contributed by atoms with E-state index in [9.17, 15) is 0 Å². The smallest absolute Gasteiger partial charge is 0.0322 e. The topological polar surface area (TPSA) is 29.3 Å². The van der Waals surface area contributed by atoms with Crippen molar-refractivity contribution in [3.05, 3.63) is 0 Å². The maximum atomic E-state index is 5.88. The van der Waals surface area contributed by atoms with Crippen LogP contribution in [-0.4, -0.2) is 30.3 Å². The summed E-state index contributed by atoms with van der Waals surface area (Å²) in [5.41, 5.74) is 5.88. The molecule has 0 saturated carbocycles. The molecule has 0 aromatic carbocycles. The first-order valence-corrected chi connectivity index (χ1v) is 3.94. The van der Waals surface area contributed by atoms with Gasteiger partial charge in [0.25, 0.3) is 0 Å². The van der Waals surface area contributed by atoms with Gasteiger partial charge in [0, 0.05) is 5.28 Å². The van der Waals surface area contributed by atoms with Crippen LogP contribution in [0.1, 0.15) is 12.8 Å². The fourth-order valence-corrected chi connectivity index (χ4v) is 1.29. The van der Waals surface area contributed by atoms with E-state index < -0.39 is 0 Å². The van der Waals surface area contributed by atoms with Crippen molar-refractivity contribution in [3.8, 4) is 0 Å². The predicted molar refractivity (Wildman–Crippen MR) is 43.4 cm³/mol. The molecule has 2 N–H and O–H groups in total.